The molecule has 2 heteroatoms. The second-order valence-corrected chi connectivity index (χ2v) is 3.36. The van der Waals surface area contributed by atoms with Crippen LogP contribution in [0.15, 0.2) is 0 Å². The molecule has 2 atom stereocenters. The van der Waals surface area contributed by atoms with Gasteiger partial charge in [0.15, 0.2) is 0 Å². The summed E-state index contributed by atoms with van der Waals surface area (Å²) >= 11 is 0. The van der Waals surface area contributed by atoms with Gasteiger partial charge in [-0.1, -0.05) is 0 Å². The van der Waals surface area contributed by atoms with E-state index in [1.165, 1.54) is 0 Å². The van der Waals surface area contributed by atoms with Crippen LogP contribution in [0.1, 0.15) is 32.6 Å². The Kier molecular flexibility index (Phi) is 3.58. The highest BCUT2D eigenvalue weighted by Gasteiger charge is 2.33. The topological polar surface area (TPSA) is 40.5 Å². The van der Waals surface area contributed by atoms with Crippen LogP contribution >= 0.6 is 0 Å². The van der Waals surface area contributed by atoms with E-state index in [0.29, 0.717) is 18.8 Å². The van der Waals surface area contributed by atoms with Crippen LogP contribution in [0.4, 0.5) is 0 Å². The maximum absolute atomic E-state index is 9.46. The molecule has 2 N–H and O–H groups in total. The molecule has 2 nitrogen and oxygen atoms in total. The molecule has 0 bridgehead atoms. The van der Waals surface area contributed by atoms with E-state index in [2.05, 4.69) is 11.8 Å². The lowest BCUT2D eigenvalue weighted by atomic mass is 10.1. The van der Waals surface area contributed by atoms with E-state index in [0.717, 1.165) is 12.8 Å². The molecule has 68 valence electrons. The molecule has 1 saturated carbocycles. The first-order chi connectivity index (χ1) is 5.75. The number of rotatable bonds is 4. The highest BCUT2D eigenvalue weighted by molar-refractivity contribution is 4.96. The van der Waals surface area contributed by atoms with Crippen molar-refractivity contribution >= 4 is 0 Å². The van der Waals surface area contributed by atoms with Gasteiger partial charge in [0.1, 0.15) is 0 Å². The first kappa shape index (κ1) is 9.57. The molecular formula is C10H16O2. The van der Waals surface area contributed by atoms with Gasteiger partial charge in [-0.3, -0.25) is 0 Å². The maximum Gasteiger partial charge on any atom is 0.0827 e. The van der Waals surface area contributed by atoms with E-state index in [1.807, 2.05) is 0 Å². The van der Waals surface area contributed by atoms with E-state index >= 15 is 0 Å². The number of aliphatic hydroxyl groups is 2. The Morgan fingerprint density at radius 3 is 2.58 bits per heavy atom. The second-order valence-electron chi connectivity index (χ2n) is 3.36. The van der Waals surface area contributed by atoms with Crippen molar-refractivity contribution in [3.05, 3.63) is 0 Å². The number of hydrogen-bond donors (Lipinski definition) is 2. The maximum atomic E-state index is 9.46. The Morgan fingerprint density at radius 1 is 1.42 bits per heavy atom. The third kappa shape index (κ3) is 2.84. The molecule has 1 aliphatic carbocycles. The van der Waals surface area contributed by atoms with Crippen LogP contribution < -0.4 is 0 Å². The van der Waals surface area contributed by atoms with Gasteiger partial charge in [0, 0.05) is 6.42 Å². The lowest BCUT2D eigenvalue weighted by molar-refractivity contribution is 0.00253. The van der Waals surface area contributed by atoms with E-state index in [-0.39, 0.29) is 0 Å². The van der Waals surface area contributed by atoms with Gasteiger partial charge in [-0.15, -0.1) is 11.8 Å². The third-order valence-corrected chi connectivity index (χ3v) is 2.24. The molecule has 1 fully saturated rings. The smallest absolute Gasteiger partial charge is 0.0827 e. The average molecular weight is 168 g/mol. The standard InChI is InChI=1S/C10H16O2/c1-2-3-4-5-9(11)10(12)8-6-7-8/h8-12H,4-7H2,1H3. The highest BCUT2D eigenvalue weighted by Crippen LogP contribution is 2.34. The van der Waals surface area contributed by atoms with Gasteiger partial charge in [-0.25, -0.2) is 0 Å². The van der Waals surface area contributed by atoms with Gasteiger partial charge in [-0.2, -0.15) is 0 Å². The summed E-state index contributed by atoms with van der Waals surface area (Å²) in [5.74, 6) is 5.99. The summed E-state index contributed by atoms with van der Waals surface area (Å²) in [5.41, 5.74) is 0. The predicted molar refractivity (Wildman–Crippen MR) is 47.4 cm³/mol. The summed E-state index contributed by atoms with van der Waals surface area (Å²) in [4.78, 5) is 0. The molecule has 0 aromatic carbocycles. The summed E-state index contributed by atoms with van der Waals surface area (Å²) in [7, 11) is 0. The van der Waals surface area contributed by atoms with Crippen molar-refractivity contribution in [1.82, 2.24) is 0 Å². The van der Waals surface area contributed by atoms with Gasteiger partial charge in [0.25, 0.3) is 0 Å². The molecule has 0 heterocycles. The molecule has 0 aromatic rings. The van der Waals surface area contributed by atoms with Gasteiger partial charge in [-0.05, 0) is 32.1 Å². The van der Waals surface area contributed by atoms with Gasteiger partial charge in [0.2, 0.25) is 0 Å². The highest BCUT2D eigenvalue weighted by atomic mass is 16.3. The van der Waals surface area contributed by atoms with Crippen LogP contribution in [0.25, 0.3) is 0 Å². The monoisotopic (exact) mass is 168 g/mol. The zero-order valence-corrected chi connectivity index (χ0v) is 7.45. The van der Waals surface area contributed by atoms with Gasteiger partial charge < -0.3 is 10.2 Å². The van der Waals surface area contributed by atoms with Crippen molar-refractivity contribution in [2.24, 2.45) is 5.92 Å². The van der Waals surface area contributed by atoms with Crippen LogP contribution in [-0.4, -0.2) is 22.4 Å². The SMILES string of the molecule is CC#CCCC(O)C(O)C1CC1. The summed E-state index contributed by atoms with van der Waals surface area (Å²) in [5, 5.41) is 18.9. The summed E-state index contributed by atoms with van der Waals surface area (Å²) in [6.07, 6.45) is 2.33. The molecule has 0 spiro atoms. The second kappa shape index (κ2) is 4.49. The lowest BCUT2D eigenvalue weighted by Crippen LogP contribution is -2.27. The summed E-state index contributed by atoms with van der Waals surface area (Å²) in [6, 6.07) is 0. The molecule has 1 rings (SSSR count). The zero-order chi connectivity index (χ0) is 8.97. The fraction of sp³-hybridized carbons (Fsp3) is 0.800. The van der Waals surface area contributed by atoms with Crippen molar-refractivity contribution in [3.63, 3.8) is 0 Å². The molecule has 0 aromatic heterocycles. The summed E-state index contributed by atoms with van der Waals surface area (Å²) in [6.45, 7) is 1.78. The molecule has 12 heavy (non-hydrogen) atoms. The predicted octanol–water partition coefficient (Wildman–Crippen LogP) is 0.922. The van der Waals surface area contributed by atoms with Crippen LogP contribution in [-0.2, 0) is 0 Å². The molecule has 0 aliphatic heterocycles. The van der Waals surface area contributed by atoms with Crippen molar-refractivity contribution in [2.75, 3.05) is 0 Å². The largest absolute Gasteiger partial charge is 0.390 e. The minimum Gasteiger partial charge on any atom is -0.390 e. The molecular weight excluding hydrogens is 152 g/mol. The Balaban J connectivity index is 2.15. The summed E-state index contributed by atoms with van der Waals surface area (Å²) < 4.78 is 0. The Bertz CT molecular complexity index is 186. The van der Waals surface area contributed by atoms with Crippen molar-refractivity contribution < 1.29 is 10.2 Å². The van der Waals surface area contributed by atoms with Crippen molar-refractivity contribution in [3.8, 4) is 11.8 Å². The average Bonchev–Trinajstić information content (AvgIpc) is 2.86. The zero-order valence-electron chi connectivity index (χ0n) is 7.45. The van der Waals surface area contributed by atoms with Crippen LogP contribution in [0.3, 0.4) is 0 Å². The van der Waals surface area contributed by atoms with Crippen LogP contribution in [0, 0.1) is 17.8 Å². The molecule has 1 aliphatic rings. The first-order valence-corrected chi connectivity index (χ1v) is 4.51. The normalized spacial score (nSPS) is 20.9. The Hall–Kier alpha value is -0.520. The number of hydrogen-bond acceptors (Lipinski definition) is 2. The lowest BCUT2D eigenvalue weighted by Gasteiger charge is -2.15. The molecule has 2 unspecified atom stereocenters. The van der Waals surface area contributed by atoms with Gasteiger partial charge >= 0.3 is 0 Å². The first-order valence-electron chi connectivity index (χ1n) is 4.51. The molecule has 0 radical (unpaired) electrons. The minimum atomic E-state index is -0.571. The molecule has 0 saturated heterocycles. The van der Waals surface area contributed by atoms with E-state index in [4.69, 9.17) is 0 Å². The van der Waals surface area contributed by atoms with Crippen LogP contribution in [0.5, 0.6) is 0 Å². The fourth-order valence-electron chi connectivity index (χ4n) is 1.27. The Labute approximate surface area is 73.6 Å². The van der Waals surface area contributed by atoms with E-state index < -0.39 is 12.2 Å². The van der Waals surface area contributed by atoms with Crippen molar-refractivity contribution in [2.45, 2.75) is 44.8 Å². The third-order valence-electron chi connectivity index (χ3n) is 2.24. The van der Waals surface area contributed by atoms with E-state index in [1.54, 1.807) is 6.92 Å². The van der Waals surface area contributed by atoms with Crippen LogP contribution in [0.2, 0.25) is 0 Å². The van der Waals surface area contributed by atoms with E-state index in [9.17, 15) is 10.2 Å². The number of aliphatic hydroxyl groups excluding tert-OH is 2. The fourth-order valence-corrected chi connectivity index (χ4v) is 1.27. The molecule has 0 amide bonds. The van der Waals surface area contributed by atoms with Crippen molar-refractivity contribution in [1.29, 1.82) is 0 Å². The minimum absolute atomic E-state index is 0.356. The van der Waals surface area contributed by atoms with Gasteiger partial charge in [0.05, 0.1) is 12.2 Å². The Morgan fingerprint density at radius 2 is 2.08 bits per heavy atom. The quantitative estimate of drug-likeness (QED) is 0.613.